The van der Waals surface area contributed by atoms with Gasteiger partial charge in [-0.2, -0.15) is 0 Å². The summed E-state index contributed by atoms with van der Waals surface area (Å²) in [6, 6.07) is 1.36. The second kappa shape index (κ2) is 4.63. The highest BCUT2D eigenvalue weighted by Gasteiger charge is 2.33. The average Bonchev–Trinajstić information content (AvgIpc) is 2.40. The van der Waals surface area contributed by atoms with E-state index in [0.717, 1.165) is 12.6 Å². The standard InChI is InChI=1S/C12H26N2/c1-10(14(4)5)9-13-11-7-6-8-12(11,2)3/h10-11,13H,6-9H2,1-5H3. The summed E-state index contributed by atoms with van der Waals surface area (Å²) in [6.45, 7) is 8.16. The average molecular weight is 198 g/mol. The molecular weight excluding hydrogens is 172 g/mol. The van der Waals surface area contributed by atoms with Gasteiger partial charge in [0.1, 0.15) is 0 Å². The van der Waals surface area contributed by atoms with Gasteiger partial charge in [-0.05, 0) is 39.3 Å². The Morgan fingerprint density at radius 3 is 2.50 bits per heavy atom. The van der Waals surface area contributed by atoms with Crippen molar-refractivity contribution in [3.63, 3.8) is 0 Å². The minimum atomic E-state index is 0.506. The smallest absolute Gasteiger partial charge is 0.0186 e. The Labute approximate surface area is 89.1 Å². The van der Waals surface area contributed by atoms with Gasteiger partial charge < -0.3 is 10.2 Å². The largest absolute Gasteiger partial charge is 0.312 e. The topological polar surface area (TPSA) is 15.3 Å². The van der Waals surface area contributed by atoms with Gasteiger partial charge in [-0.15, -0.1) is 0 Å². The number of nitrogens with zero attached hydrogens (tertiary/aromatic N) is 1. The molecule has 0 radical (unpaired) electrons. The number of nitrogens with one attached hydrogen (secondary N) is 1. The molecule has 1 aliphatic carbocycles. The molecular formula is C12H26N2. The molecule has 1 aliphatic rings. The van der Waals surface area contributed by atoms with Crippen molar-refractivity contribution in [2.24, 2.45) is 5.41 Å². The molecule has 0 amide bonds. The highest BCUT2D eigenvalue weighted by molar-refractivity contribution is 4.90. The molecule has 2 unspecified atom stereocenters. The van der Waals surface area contributed by atoms with Crippen molar-refractivity contribution in [2.75, 3.05) is 20.6 Å². The lowest BCUT2D eigenvalue weighted by Crippen LogP contribution is -2.44. The third-order valence-electron chi connectivity index (χ3n) is 3.80. The van der Waals surface area contributed by atoms with Gasteiger partial charge in [-0.3, -0.25) is 0 Å². The van der Waals surface area contributed by atoms with Crippen LogP contribution in [0.15, 0.2) is 0 Å². The lowest BCUT2D eigenvalue weighted by molar-refractivity contribution is 0.244. The molecule has 1 rings (SSSR count). The van der Waals surface area contributed by atoms with Gasteiger partial charge >= 0.3 is 0 Å². The fraction of sp³-hybridized carbons (Fsp3) is 1.00. The number of likely N-dealkylation sites (N-methyl/N-ethyl adjacent to an activating group) is 1. The first-order valence-corrected chi connectivity index (χ1v) is 5.83. The molecule has 2 atom stereocenters. The highest BCUT2D eigenvalue weighted by Crippen LogP contribution is 2.37. The van der Waals surface area contributed by atoms with Gasteiger partial charge in [-0.25, -0.2) is 0 Å². The van der Waals surface area contributed by atoms with Crippen molar-refractivity contribution in [3.8, 4) is 0 Å². The fourth-order valence-electron chi connectivity index (χ4n) is 2.20. The lowest BCUT2D eigenvalue weighted by Gasteiger charge is -2.30. The molecule has 2 nitrogen and oxygen atoms in total. The van der Waals surface area contributed by atoms with E-state index in [-0.39, 0.29) is 0 Å². The van der Waals surface area contributed by atoms with Crippen molar-refractivity contribution in [1.29, 1.82) is 0 Å². The predicted octanol–water partition coefficient (Wildman–Crippen LogP) is 2.10. The van der Waals surface area contributed by atoms with Crippen LogP contribution in [-0.2, 0) is 0 Å². The Hall–Kier alpha value is -0.0800. The summed E-state index contributed by atoms with van der Waals surface area (Å²) < 4.78 is 0. The maximum Gasteiger partial charge on any atom is 0.0186 e. The van der Waals surface area contributed by atoms with Gasteiger partial charge in [0.2, 0.25) is 0 Å². The summed E-state index contributed by atoms with van der Waals surface area (Å²) in [5.74, 6) is 0. The van der Waals surface area contributed by atoms with Gasteiger partial charge in [0.15, 0.2) is 0 Å². The molecule has 0 aromatic rings. The first-order chi connectivity index (χ1) is 6.43. The third kappa shape index (κ3) is 2.96. The Kier molecular flexibility index (Phi) is 3.96. The Morgan fingerprint density at radius 1 is 1.43 bits per heavy atom. The predicted molar refractivity (Wildman–Crippen MR) is 62.6 cm³/mol. The van der Waals surface area contributed by atoms with Crippen molar-refractivity contribution < 1.29 is 0 Å². The van der Waals surface area contributed by atoms with E-state index in [1.807, 2.05) is 0 Å². The quantitative estimate of drug-likeness (QED) is 0.744. The van der Waals surface area contributed by atoms with Crippen LogP contribution >= 0.6 is 0 Å². The van der Waals surface area contributed by atoms with Gasteiger partial charge in [-0.1, -0.05) is 20.3 Å². The van der Waals surface area contributed by atoms with Crippen LogP contribution in [0.4, 0.5) is 0 Å². The summed E-state index contributed by atoms with van der Waals surface area (Å²) in [4.78, 5) is 2.27. The van der Waals surface area contributed by atoms with Crippen LogP contribution in [0.2, 0.25) is 0 Å². The first kappa shape index (κ1) is 12.0. The fourth-order valence-corrected chi connectivity index (χ4v) is 2.20. The van der Waals surface area contributed by atoms with E-state index in [4.69, 9.17) is 0 Å². The maximum absolute atomic E-state index is 3.71. The molecule has 14 heavy (non-hydrogen) atoms. The molecule has 84 valence electrons. The van der Waals surface area contributed by atoms with Crippen LogP contribution in [0.25, 0.3) is 0 Å². The second-order valence-corrected chi connectivity index (χ2v) is 5.65. The molecule has 1 N–H and O–H groups in total. The maximum atomic E-state index is 3.71. The van der Waals surface area contributed by atoms with Gasteiger partial charge in [0.05, 0.1) is 0 Å². The third-order valence-corrected chi connectivity index (χ3v) is 3.80. The molecule has 0 aliphatic heterocycles. The summed E-state index contributed by atoms with van der Waals surface area (Å²) in [5, 5.41) is 3.71. The van der Waals surface area contributed by atoms with E-state index < -0.39 is 0 Å². The zero-order valence-corrected chi connectivity index (χ0v) is 10.4. The van der Waals surface area contributed by atoms with E-state index in [0.29, 0.717) is 11.5 Å². The summed E-state index contributed by atoms with van der Waals surface area (Å²) in [7, 11) is 4.29. The molecule has 0 aromatic heterocycles. The summed E-state index contributed by atoms with van der Waals surface area (Å²) in [6.07, 6.45) is 4.12. The Balaban J connectivity index is 2.31. The summed E-state index contributed by atoms with van der Waals surface area (Å²) in [5.41, 5.74) is 0.506. The van der Waals surface area contributed by atoms with Gasteiger partial charge in [0.25, 0.3) is 0 Å². The van der Waals surface area contributed by atoms with Crippen molar-refractivity contribution >= 4 is 0 Å². The molecule has 1 saturated carbocycles. The van der Waals surface area contributed by atoms with E-state index in [1.54, 1.807) is 0 Å². The molecule has 0 aromatic carbocycles. The van der Waals surface area contributed by atoms with Crippen LogP contribution in [0.3, 0.4) is 0 Å². The van der Waals surface area contributed by atoms with Crippen LogP contribution in [-0.4, -0.2) is 37.6 Å². The van der Waals surface area contributed by atoms with E-state index in [1.165, 1.54) is 19.3 Å². The molecule has 0 bridgehead atoms. The molecule has 1 fully saturated rings. The van der Waals surface area contributed by atoms with Crippen molar-refractivity contribution in [2.45, 2.75) is 52.1 Å². The Bertz CT molecular complexity index is 175. The minimum Gasteiger partial charge on any atom is -0.312 e. The number of hydrogen-bond acceptors (Lipinski definition) is 2. The number of hydrogen-bond donors (Lipinski definition) is 1. The molecule has 0 saturated heterocycles. The van der Waals surface area contributed by atoms with Crippen LogP contribution in [0, 0.1) is 5.41 Å². The highest BCUT2D eigenvalue weighted by atomic mass is 15.1. The van der Waals surface area contributed by atoms with Gasteiger partial charge in [0, 0.05) is 18.6 Å². The zero-order chi connectivity index (χ0) is 10.8. The Morgan fingerprint density at radius 2 is 2.07 bits per heavy atom. The molecule has 0 heterocycles. The number of rotatable bonds is 4. The van der Waals surface area contributed by atoms with Crippen LogP contribution < -0.4 is 5.32 Å². The zero-order valence-electron chi connectivity index (χ0n) is 10.4. The molecule has 0 spiro atoms. The van der Waals surface area contributed by atoms with Crippen molar-refractivity contribution in [3.05, 3.63) is 0 Å². The minimum absolute atomic E-state index is 0.506. The summed E-state index contributed by atoms with van der Waals surface area (Å²) >= 11 is 0. The van der Waals surface area contributed by atoms with Crippen molar-refractivity contribution in [1.82, 2.24) is 10.2 Å². The lowest BCUT2D eigenvalue weighted by atomic mass is 9.87. The van der Waals surface area contributed by atoms with E-state index in [9.17, 15) is 0 Å². The van der Waals surface area contributed by atoms with Crippen LogP contribution in [0.1, 0.15) is 40.0 Å². The normalized spacial score (nSPS) is 28.3. The van der Waals surface area contributed by atoms with Crippen LogP contribution in [0.5, 0.6) is 0 Å². The second-order valence-electron chi connectivity index (χ2n) is 5.65. The van der Waals surface area contributed by atoms with E-state index in [2.05, 4.69) is 45.1 Å². The van der Waals surface area contributed by atoms with E-state index >= 15 is 0 Å². The molecule has 2 heteroatoms. The SMILES string of the molecule is CC(CNC1CCCC1(C)C)N(C)C. The first-order valence-electron chi connectivity index (χ1n) is 5.83. The monoisotopic (exact) mass is 198 g/mol.